The first-order valence-electron chi connectivity index (χ1n) is 14.4. The average Bonchev–Trinajstić information content (AvgIpc) is 3.63. The van der Waals surface area contributed by atoms with E-state index in [-0.39, 0.29) is 56.1 Å². The van der Waals surface area contributed by atoms with Crippen molar-refractivity contribution in [3.63, 3.8) is 0 Å². The molecular weight excluding hydrogens is 562 g/mol. The monoisotopic (exact) mass is 601 g/mol. The van der Waals surface area contributed by atoms with Crippen molar-refractivity contribution >= 4 is 35.5 Å². The molecule has 5 amide bonds. The third-order valence-corrected chi connectivity index (χ3v) is 7.82. The number of nitrogens with one attached hydrogen (secondary N) is 2. The van der Waals surface area contributed by atoms with E-state index >= 15 is 0 Å². The maximum atomic E-state index is 13.5. The molecule has 3 N–H and O–H groups in total. The molecule has 0 radical (unpaired) electrons. The molecule has 0 saturated carbocycles. The predicted molar refractivity (Wildman–Crippen MR) is 151 cm³/mol. The molecule has 15 heteroatoms. The molecule has 2 bridgehead atoms. The van der Waals surface area contributed by atoms with Crippen molar-refractivity contribution in [1.29, 1.82) is 0 Å². The van der Waals surface area contributed by atoms with Gasteiger partial charge < -0.3 is 35.2 Å². The summed E-state index contributed by atoms with van der Waals surface area (Å²) >= 11 is 0. The Labute approximate surface area is 249 Å². The average molecular weight is 602 g/mol. The van der Waals surface area contributed by atoms with E-state index < -0.39 is 42.2 Å². The number of carboxylic acid groups (broad SMARTS) is 1. The van der Waals surface area contributed by atoms with Gasteiger partial charge in [-0.3, -0.25) is 38.7 Å². The molecule has 3 atom stereocenters. The minimum Gasteiger partial charge on any atom is -0.490 e. The van der Waals surface area contributed by atoms with Gasteiger partial charge in [0.05, 0.1) is 37.3 Å². The van der Waals surface area contributed by atoms with Gasteiger partial charge in [0.1, 0.15) is 18.4 Å². The summed E-state index contributed by atoms with van der Waals surface area (Å²) in [6, 6.07) is -0.464. The van der Waals surface area contributed by atoms with E-state index in [1.54, 1.807) is 4.90 Å². The zero-order valence-electron chi connectivity index (χ0n) is 24.5. The molecule has 3 aliphatic heterocycles. The van der Waals surface area contributed by atoms with E-state index in [4.69, 9.17) is 9.84 Å². The van der Waals surface area contributed by atoms with Gasteiger partial charge in [0, 0.05) is 45.8 Å². The van der Waals surface area contributed by atoms with E-state index in [0.29, 0.717) is 18.7 Å². The number of amides is 5. The van der Waals surface area contributed by atoms with Crippen LogP contribution in [0.5, 0.6) is 5.75 Å². The highest BCUT2D eigenvalue weighted by Gasteiger charge is 2.38. The van der Waals surface area contributed by atoms with Crippen molar-refractivity contribution < 1.29 is 38.6 Å². The van der Waals surface area contributed by atoms with E-state index in [0.717, 1.165) is 25.9 Å². The van der Waals surface area contributed by atoms with Crippen LogP contribution in [0, 0.1) is 0 Å². The number of ether oxygens (including phenoxy) is 1. The Bertz CT molecular complexity index is 1240. The van der Waals surface area contributed by atoms with Gasteiger partial charge in [-0.25, -0.2) is 0 Å². The minimum absolute atomic E-state index is 0.0827. The number of hydrogen-bond donors (Lipinski definition) is 3. The molecule has 1 aromatic heterocycles. The normalized spacial score (nSPS) is 23.7. The van der Waals surface area contributed by atoms with Gasteiger partial charge in [-0.1, -0.05) is 0 Å². The number of fused-ring (bicyclic) bond motifs is 3. The van der Waals surface area contributed by atoms with Crippen LogP contribution in [0.4, 0.5) is 0 Å². The summed E-state index contributed by atoms with van der Waals surface area (Å²) in [5, 5.41) is 14.5. The van der Waals surface area contributed by atoms with Crippen LogP contribution in [0.15, 0.2) is 18.5 Å². The maximum Gasteiger partial charge on any atom is 0.303 e. The van der Waals surface area contributed by atoms with E-state index in [9.17, 15) is 28.8 Å². The number of likely N-dealkylation sites (N-methyl/N-ethyl adjacent to an activating group) is 2. The van der Waals surface area contributed by atoms with Crippen molar-refractivity contribution in [3.05, 3.63) is 24.0 Å². The lowest BCUT2D eigenvalue weighted by atomic mass is 10.1. The topological polar surface area (TPSA) is 182 Å². The molecule has 4 rings (SSSR count). The van der Waals surface area contributed by atoms with Gasteiger partial charge in [0.2, 0.25) is 23.6 Å². The molecule has 0 aliphatic carbocycles. The molecule has 2 saturated heterocycles. The molecule has 2 fully saturated rings. The second-order valence-electron chi connectivity index (χ2n) is 11.3. The molecule has 43 heavy (non-hydrogen) atoms. The van der Waals surface area contributed by atoms with Crippen molar-refractivity contribution in [3.8, 4) is 5.75 Å². The van der Waals surface area contributed by atoms with Crippen LogP contribution in [-0.4, -0.2) is 143 Å². The van der Waals surface area contributed by atoms with Crippen LogP contribution in [0.2, 0.25) is 0 Å². The lowest BCUT2D eigenvalue weighted by molar-refractivity contribution is -0.142. The predicted octanol–water partition coefficient (Wildman–Crippen LogP) is -1.46. The second-order valence-corrected chi connectivity index (χ2v) is 11.3. The lowest BCUT2D eigenvalue weighted by Gasteiger charge is -2.30. The van der Waals surface area contributed by atoms with Crippen LogP contribution in [0.25, 0.3) is 0 Å². The van der Waals surface area contributed by atoms with Crippen molar-refractivity contribution in [2.24, 2.45) is 0 Å². The number of rotatable bonds is 7. The van der Waals surface area contributed by atoms with E-state index in [2.05, 4.69) is 20.5 Å². The number of pyridine rings is 1. The van der Waals surface area contributed by atoms with Crippen LogP contribution >= 0.6 is 0 Å². The van der Waals surface area contributed by atoms with Gasteiger partial charge in [-0.2, -0.15) is 0 Å². The highest BCUT2D eigenvalue weighted by Crippen LogP contribution is 2.22. The SMILES string of the molecule is CN1C[C@H](NC(=O)CCC(=O)O)C(=O)N(C)CC(=O)N2C[C@@H](NC(=O)CN3CCCC3)C[C@H]2COc2cncc(c2)C1=O. The Morgan fingerprint density at radius 2 is 1.74 bits per heavy atom. The fourth-order valence-electron chi connectivity index (χ4n) is 5.60. The first kappa shape index (κ1) is 31.7. The van der Waals surface area contributed by atoms with Gasteiger partial charge in [0.15, 0.2) is 0 Å². The molecule has 0 unspecified atom stereocenters. The third-order valence-electron chi connectivity index (χ3n) is 7.82. The van der Waals surface area contributed by atoms with Crippen molar-refractivity contribution in [1.82, 2.24) is 35.2 Å². The number of aromatic nitrogens is 1. The number of hydrogen-bond acceptors (Lipinski definition) is 9. The van der Waals surface area contributed by atoms with Gasteiger partial charge in [-0.15, -0.1) is 0 Å². The van der Waals surface area contributed by atoms with Gasteiger partial charge >= 0.3 is 5.97 Å². The Balaban J connectivity index is 1.54. The number of likely N-dealkylation sites (tertiary alicyclic amines) is 1. The Morgan fingerprint density at radius 3 is 2.47 bits per heavy atom. The van der Waals surface area contributed by atoms with Crippen LogP contribution in [-0.2, 0) is 24.0 Å². The largest absolute Gasteiger partial charge is 0.490 e. The summed E-state index contributed by atoms with van der Waals surface area (Å²) in [6.07, 6.45) is 4.59. The minimum atomic E-state index is -1.24. The molecule has 4 heterocycles. The molecule has 1 aromatic rings. The number of nitrogens with zero attached hydrogens (tertiary/aromatic N) is 5. The molecule has 0 spiro atoms. The Hall–Kier alpha value is -4.27. The highest BCUT2D eigenvalue weighted by atomic mass is 16.5. The quantitative estimate of drug-likeness (QED) is 0.334. The standard InChI is InChI=1S/C28H39N7O8/c1-32-14-22(31-23(36)5-6-26(39)40)28(42)33(2)16-25(38)35-13-19(30-24(37)15-34-7-3-4-8-34)10-20(35)17-43-21-9-18(27(32)41)11-29-12-21/h9,11-12,19-20,22H,3-8,10,13-17H2,1-2H3,(H,30,37)(H,31,36)(H,39,40)/t19-,20-,22-/m0/s1. The first-order valence-corrected chi connectivity index (χ1v) is 14.4. The highest BCUT2D eigenvalue weighted by molar-refractivity contribution is 5.95. The van der Waals surface area contributed by atoms with Crippen molar-refractivity contribution in [2.45, 2.75) is 50.2 Å². The lowest BCUT2D eigenvalue weighted by Crippen LogP contribution is -2.55. The van der Waals surface area contributed by atoms with Crippen molar-refractivity contribution in [2.75, 3.05) is 60.0 Å². The van der Waals surface area contributed by atoms with E-state index in [1.807, 2.05) is 0 Å². The summed E-state index contributed by atoms with van der Waals surface area (Å²) in [6.45, 7) is 1.81. The summed E-state index contributed by atoms with van der Waals surface area (Å²) in [4.78, 5) is 86.5. The maximum absolute atomic E-state index is 13.5. The van der Waals surface area contributed by atoms with Gasteiger partial charge in [-0.05, 0) is 38.4 Å². The first-order chi connectivity index (χ1) is 20.5. The molecule has 3 aliphatic rings. The summed E-state index contributed by atoms with van der Waals surface area (Å²) in [5.74, 6) is -3.12. The zero-order valence-corrected chi connectivity index (χ0v) is 24.5. The number of carbonyl (C=O) groups is 6. The summed E-state index contributed by atoms with van der Waals surface area (Å²) in [7, 11) is 2.87. The van der Waals surface area contributed by atoms with Crippen LogP contribution in [0.3, 0.4) is 0 Å². The van der Waals surface area contributed by atoms with E-state index in [1.165, 1.54) is 42.4 Å². The van der Waals surface area contributed by atoms with Crippen LogP contribution in [0.1, 0.15) is 42.5 Å². The zero-order chi connectivity index (χ0) is 31.1. The number of carbonyl (C=O) groups excluding carboxylic acids is 5. The molecular formula is C28H39N7O8. The summed E-state index contributed by atoms with van der Waals surface area (Å²) < 4.78 is 5.96. The molecule has 234 valence electrons. The van der Waals surface area contributed by atoms with Crippen LogP contribution < -0.4 is 15.4 Å². The number of carboxylic acids is 1. The fourth-order valence-corrected chi connectivity index (χ4v) is 5.60. The Kier molecular flexibility index (Phi) is 10.5. The van der Waals surface area contributed by atoms with Gasteiger partial charge in [0.25, 0.3) is 5.91 Å². The Morgan fingerprint density at radius 1 is 1.00 bits per heavy atom. The second kappa shape index (κ2) is 14.3. The fraction of sp³-hybridized carbons (Fsp3) is 0.607. The number of aliphatic carboxylic acids is 1. The molecule has 15 nitrogen and oxygen atoms in total. The summed E-state index contributed by atoms with van der Waals surface area (Å²) in [5.41, 5.74) is 0.193. The third kappa shape index (κ3) is 8.63. The smallest absolute Gasteiger partial charge is 0.303 e. The molecule has 0 aromatic carbocycles.